The van der Waals surface area contributed by atoms with Gasteiger partial charge in [0.1, 0.15) is 5.82 Å². The Labute approximate surface area is 90.5 Å². The average Bonchev–Trinajstić information content (AvgIpc) is 2.63. The van der Waals surface area contributed by atoms with E-state index < -0.39 is 17.3 Å². The van der Waals surface area contributed by atoms with Crippen molar-refractivity contribution in [2.75, 3.05) is 18.0 Å². The first-order valence-electron chi connectivity index (χ1n) is 4.68. The minimum atomic E-state index is -1.32. The highest BCUT2D eigenvalue weighted by molar-refractivity contribution is 5.95. The second kappa shape index (κ2) is 3.80. The van der Waals surface area contributed by atoms with Gasteiger partial charge in [0.2, 0.25) is 0 Å². The van der Waals surface area contributed by atoms with Gasteiger partial charge in [0, 0.05) is 18.8 Å². The van der Waals surface area contributed by atoms with E-state index in [-0.39, 0.29) is 6.03 Å². The number of hydrogen-bond acceptors (Lipinski definition) is 2. The number of carboxylic acids is 1. The standard InChI is InChI=1S/C10H9FN2O3/c11-8-5-6(1-2-7(8)9(14)15)13-4-3-12-10(13)16/h1-2,5H,3-4H2,(H,12,16)(H,14,15). The Balaban J connectivity index is 2.34. The predicted molar refractivity (Wildman–Crippen MR) is 54.1 cm³/mol. The molecule has 1 heterocycles. The molecule has 2 rings (SSSR count). The number of aromatic carboxylic acids is 1. The van der Waals surface area contributed by atoms with Gasteiger partial charge >= 0.3 is 12.0 Å². The van der Waals surface area contributed by atoms with Gasteiger partial charge in [0.05, 0.1) is 5.56 Å². The van der Waals surface area contributed by atoms with Crippen molar-refractivity contribution in [3.63, 3.8) is 0 Å². The molecule has 16 heavy (non-hydrogen) atoms. The van der Waals surface area contributed by atoms with Crippen molar-refractivity contribution < 1.29 is 19.1 Å². The van der Waals surface area contributed by atoms with E-state index in [1.807, 2.05) is 0 Å². The molecule has 1 saturated heterocycles. The molecule has 6 heteroatoms. The Morgan fingerprint density at radius 1 is 1.50 bits per heavy atom. The zero-order chi connectivity index (χ0) is 11.7. The smallest absolute Gasteiger partial charge is 0.338 e. The fourth-order valence-corrected chi connectivity index (χ4v) is 1.56. The Kier molecular flexibility index (Phi) is 2.47. The number of nitrogens with zero attached hydrogens (tertiary/aromatic N) is 1. The van der Waals surface area contributed by atoms with Crippen LogP contribution in [0.25, 0.3) is 0 Å². The SMILES string of the molecule is O=C(O)c1ccc(N2CCNC2=O)cc1F. The number of rotatable bonds is 2. The largest absolute Gasteiger partial charge is 0.478 e. The van der Waals surface area contributed by atoms with Crippen molar-refractivity contribution in [3.05, 3.63) is 29.6 Å². The van der Waals surface area contributed by atoms with Crippen molar-refractivity contribution >= 4 is 17.7 Å². The molecule has 0 saturated carbocycles. The van der Waals surface area contributed by atoms with Gasteiger partial charge in [0.15, 0.2) is 0 Å². The van der Waals surface area contributed by atoms with Crippen LogP contribution in [0.2, 0.25) is 0 Å². The summed E-state index contributed by atoms with van der Waals surface area (Å²) in [6.07, 6.45) is 0. The molecular weight excluding hydrogens is 215 g/mol. The number of benzene rings is 1. The van der Waals surface area contributed by atoms with Gasteiger partial charge in [-0.15, -0.1) is 0 Å². The fourth-order valence-electron chi connectivity index (χ4n) is 1.56. The summed E-state index contributed by atoms with van der Waals surface area (Å²) in [6, 6.07) is 3.31. The van der Waals surface area contributed by atoms with E-state index in [4.69, 9.17) is 5.11 Å². The monoisotopic (exact) mass is 224 g/mol. The minimum absolute atomic E-state index is 0.303. The predicted octanol–water partition coefficient (Wildman–Crippen LogP) is 1.05. The van der Waals surface area contributed by atoms with Crippen LogP contribution in [-0.4, -0.2) is 30.2 Å². The lowest BCUT2D eigenvalue weighted by Crippen LogP contribution is -2.27. The lowest BCUT2D eigenvalue weighted by molar-refractivity contribution is 0.0692. The molecule has 84 valence electrons. The molecular formula is C10H9FN2O3. The van der Waals surface area contributed by atoms with Gasteiger partial charge in [-0.25, -0.2) is 14.0 Å². The van der Waals surface area contributed by atoms with Crippen LogP contribution in [0.4, 0.5) is 14.9 Å². The Morgan fingerprint density at radius 2 is 2.25 bits per heavy atom. The minimum Gasteiger partial charge on any atom is -0.478 e. The summed E-state index contributed by atoms with van der Waals surface area (Å²) in [5, 5.41) is 11.2. The molecule has 0 aromatic heterocycles. The van der Waals surface area contributed by atoms with Crippen LogP contribution >= 0.6 is 0 Å². The van der Waals surface area contributed by atoms with E-state index in [1.165, 1.54) is 11.0 Å². The van der Waals surface area contributed by atoms with E-state index in [9.17, 15) is 14.0 Å². The zero-order valence-corrected chi connectivity index (χ0v) is 8.24. The molecule has 1 aromatic carbocycles. The van der Waals surface area contributed by atoms with Crippen LogP contribution < -0.4 is 10.2 Å². The number of urea groups is 1. The number of amides is 2. The first-order valence-corrected chi connectivity index (χ1v) is 4.68. The maximum absolute atomic E-state index is 13.3. The summed E-state index contributed by atoms with van der Waals surface area (Å²) in [4.78, 5) is 23.2. The molecule has 1 aliphatic heterocycles. The van der Waals surface area contributed by atoms with Crippen LogP contribution in [-0.2, 0) is 0 Å². The first kappa shape index (κ1) is 10.4. The van der Waals surface area contributed by atoms with Gasteiger partial charge in [-0.3, -0.25) is 4.90 Å². The van der Waals surface area contributed by atoms with Crippen LogP contribution in [0.5, 0.6) is 0 Å². The summed E-state index contributed by atoms with van der Waals surface area (Å²) in [5.41, 5.74) is -0.0409. The van der Waals surface area contributed by atoms with Gasteiger partial charge in [-0.2, -0.15) is 0 Å². The van der Waals surface area contributed by atoms with E-state index in [0.29, 0.717) is 18.8 Å². The van der Waals surface area contributed by atoms with Crippen LogP contribution in [0, 0.1) is 5.82 Å². The first-order chi connectivity index (χ1) is 7.59. The van der Waals surface area contributed by atoms with Crippen molar-refractivity contribution in [3.8, 4) is 0 Å². The van der Waals surface area contributed by atoms with Crippen LogP contribution in [0.1, 0.15) is 10.4 Å². The summed E-state index contributed by atoms with van der Waals surface area (Å²) in [6.45, 7) is 0.950. The summed E-state index contributed by atoms with van der Waals surface area (Å²) < 4.78 is 13.3. The summed E-state index contributed by atoms with van der Waals surface area (Å²) in [7, 11) is 0. The average molecular weight is 224 g/mol. The number of carboxylic acid groups (broad SMARTS) is 1. The third-order valence-electron chi connectivity index (χ3n) is 2.35. The summed E-state index contributed by atoms with van der Waals surface area (Å²) in [5.74, 6) is -2.17. The lowest BCUT2D eigenvalue weighted by Gasteiger charge is -2.14. The molecule has 0 spiro atoms. The Hall–Kier alpha value is -2.11. The molecule has 2 N–H and O–H groups in total. The zero-order valence-electron chi connectivity index (χ0n) is 8.24. The number of halogens is 1. The molecule has 5 nitrogen and oxygen atoms in total. The quantitative estimate of drug-likeness (QED) is 0.788. The highest BCUT2D eigenvalue weighted by Gasteiger charge is 2.22. The highest BCUT2D eigenvalue weighted by atomic mass is 19.1. The van der Waals surface area contributed by atoms with E-state index in [0.717, 1.165) is 12.1 Å². The molecule has 2 amide bonds. The second-order valence-electron chi connectivity index (χ2n) is 3.35. The van der Waals surface area contributed by atoms with Crippen molar-refractivity contribution in [1.82, 2.24) is 5.32 Å². The van der Waals surface area contributed by atoms with Crippen LogP contribution in [0.15, 0.2) is 18.2 Å². The Bertz CT molecular complexity index is 461. The van der Waals surface area contributed by atoms with E-state index >= 15 is 0 Å². The van der Waals surface area contributed by atoms with Gasteiger partial charge in [-0.1, -0.05) is 0 Å². The third kappa shape index (κ3) is 1.69. The third-order valence-corrected chi connectivity index (χ3v) is 2.35. The molecule has 0 radical (unpaired) electrons. The van der Waals surface area contributed by atoms with Crippen molar-refractivity contribution in [1.29, 1.82) is 0 Å². The number of nitrogens with one attached hydrogen (secondary N) is 1. The second-order valence-corrected chi connectivity index (χ2v) is 3.35. The topological polar surface area (TPSA) is 69.6 Å². The maximum atomic E-state index is 13.3. The molecule has 0 aliphatic carbocycles. The van der Waals surface area contributed by atoms with Crippen molar-refractivity contribution in [2.45, 2.75) is 0 Å². The molecule has 0 atom stereocenters. The molecule has 0 unspecified atom stereocenters. The number of carbonyl (C=O) groups is 2. The van der Waals surface area contributed by atoms with Gasteiger partial charge in [0.25, 0.3) is 0 Å². The van der Waals surface area contributed by atoms with E-state index in [2.05, 4.69) is 5.32 Å². The van der Waals surface area contributed by atoms with Gasteiger partial charge in [-0.05, 0) is 18.2 Å². The normalized spacial score (nSPS) is 15.1. The van der Waals surface area contributed by atoms with Gasteiger partial charge < -0.3 is 10.4 Å². The number of anilines is 1. The van der Waals surface area contributed by atoms with E-state index in [1.54, 1.807) is 0 Å². The molecule has 1 aliphatic rings. The molecule has 1 fully saturated rings. The number of carbonyl (C=O) groups excluding carboxylic acids is 1. The summed E-state index contributed by atoms with van der Waals surface area (Å²) >= 11 is 0. The highest BCUT2D eigenvalue weighted by Crippen LogP contribution is 2.20. The lowest BCUT2D eigenvalue weighted by atomic mass is 10.2. The fraction of sp³-hybridized carbons (Fsp3) is 0.200. The van der Waals surface area contributed by atoms with Crippen molar-refractivity contribution in [2.24, 2.45) is 0 Å². The molecule has 0 bridgehead atoms. The number of hydrogen-bond donors (Lipinski definition) is 2. The van der Waals surface area contributed by atoms with Crippen LogP contribution in [0.3, 0.4) is 0 Å². The molecule has 1 aromatic rings. The Morgan fingerprint density at radius 3 is 2.75 bits per heavy atom. The maximum Gasteiger partial charge on any atom is 0.338 e.